The molecule has 0 radical (unpaired) electrons. The van der Waals surface area contributed by atoms with E-state index in [0.717, 1.165) is 16.7 Å². The van der Waals surface area contributed by atoms with Gasteiger partial charge in [-0.3, -0.25) is 4.79 Å². The lowest BCUT2D eigenvalue weighted by molar-refractivity contribution is 0.0934. The Bertz CT molecular complexity index is 1070. The number of nitrogens with one attached hydrogen (secondary N) is 1. The number of carbonyl (C=O) groups is 1. The van der Waals surface area contributed by atoms with Gasteiger partial charge < -0.3 is 5.32 Å². The summed E-state index contributed by atoms with van der Waals surface area (Å²) in [6, 6.07) is 28.3. The second-order valence-electron chi connectivity index (χ2n) is 6.97. The van der Waals surface area contributed by atoms with Gasteiger partial charge in [-0.2, -0.15) is 0 Å². The third-order valence-corrected chi connectivity index (χ3v) is 4.82. The molecule has 29 heavy (non-hydrogen) atoms. The second kappa shape index (κ2) is 8.52. The summed E-state index contributed by atoms with van der Waals surface area (Å²) >= 11 is 0. The molecule has 3 aromatic carbocycles. The zero-order valence-corrected chi connectivity index (χ0v) is 16.2. The maximum absolute atomic E-state index is 12.6. The monoisotopic (exact) mass is 382 g/mol. The first-order chi connectivity index (χ1) is 14.2. The van der Waals surface area contributed by atoms with Crippen molar-refractivity contribution in [1.29, 1.82) is 0 Å². The maximum atomic E-state index is 12.6. The van der Waals surface area contributed by atoms with Crippen molar-refractivity contribution >= 4 is 5.91 Å². The van der Waals surface area contributed by atoms with Crippen molar-refractivity contribution in [1.82, 2.24) is 20.3 Å². The van der Waals surface area contributed by atoms with Crippen LogP contribution in [0.2, 0.25) is 0 Å². The number of hydrogen-bond acceptors (Lipinski definition) is 3. The predicted octanol–water partition coefficient (Wildman–Crippen LogP) is 4.48. The van der Waals surface area contributed by atoms with Crippen LogP contribution in [0.3, 0.4) is 0 Å². The van der Waals surface area contributed by atoms with Gasteiger partial charge in [-0.15, -0.1) is 5.10 Å². The van der Waals surface area contributed by atoms with Crippen LogP contribution >= 0.6 is 0 Å². The van der Waals surface area contributed by atoms with Crippen molar-refractivity contribution in [2.45, 2.75) is 19.5 Å². The molecule has 1 N–H and O–H groups in total. The lowest BCUT2D eigenvalue weighted by Crippen LogP contribution is -2.27. The van der Waals surface area contributed by atoms with Gasteiger partial charge in [-0.1, -0.05) is 90.1 Å². The van der Waals surface area contributed by atoms with Crippen LogP contribution in [0.5, 0.6) is 0 Å². The first-order valence-electron chi connectivity index (χ1n) is 9.59. The zero-order valence-electron chi connectivity index (χ0n) is 16.2. The molecule has 0 bridgehead atoms. The Morgan fingerprint density at radius 2 is 1.52 bits per heavy atom. The Kier molecular flexibility index (Phi) is 5.47. The normalized spacial score (nSPS) is 11.8. The Labute approximate surface area is 170 Å². The lowest BCUT2D eigenvalue weighted by Gasteiger charge is -2.14. The van der Waals surface area contributed by atoms with Crippen LogP contribution in [-0.4, -0.2) is 20.9 Å². The fourth-order valence-corrected chi connectivity index (χ4v) is 3.20. The highest BCUT2D eigenvalue weighted by molar-refractivity contribution is 5.92. The minimum Gasteiger partial charge on any atom is -0.344 e. The number of hydrogen-bond donors (Lipinski definition) is 1. The molecule has 1 unspecified atom stereocenters. The molecule has 0 spiro atoms. The van der Waals surface area contributed by atoms with Crippen LogP contribution in [0.4, 0.5) is 0 Å². The number of carbonyl (C=O) groups excluding carboxylic acids is 1. The van der Waals surface area contributed by atoms with E-state index in [-0.39, 0.29) is 11.9 Å². The molecule has 144 valence electrons. The summed E-state index contributed by atoms with van der Waals surface area (Å²) < 4.78 is 1.67. The van der Waals surface area contributed by atoms with Gasteiger partial charge in [0.2, 0.25) is 0 Å². The van der Waals surface area contributed by atoms with Crippen molar-refractivity contribution in [3.05, 3.63) is 108 Å². The van der Waals surface area contributed by atoms with E-state index >= 15 is 0 Å². The molecule has 0 saturated heterocycles. The van der Waals surface area contributed by atoms with E-state index in [0.29, 0.717) is 12.2 Å². The Hall–Kier alpha value is -3.73. The average Bonchev–Trinajstić information content (AvgIpc) is 3.24. The largest absolute Gasteiger partial charge is 0.344 e. The minimum atomic E-state index is -0.232. The fourth-order valence-electron chi connectivity index (χ4n) is 3.20. The summed E-state index contributed by atoms with van der Waals surface area (Å²) in [5, 5.41) is 11.1. The average molecular weight is 382 g/mol. The molecular weight excluding hydrogens is 360 g/mol. The van der Waals surface area contributed by atoms with Crippen LogP contribution in [0.1, 0.15) is 34.6 Å². The summed E-state index contributed by atoms with van der Waals surface area (Å²) in [4.78, 5) is 12.6. The van der Waals surface area contributed by atoms with Crippen LogP contribution in [0, 0.1) is 0 Å². The molecule has 1 atom stereocenters. The standard InChI is InChI=1S/C24H22N4O/c1-18(20-12-14-22(15-13-20)21-10-6-3-7-11-21)25-24(29)23-17-28(27-26-23)16-19-8-4-2-5-9-19/h2-15,17-18H,16H2,1H3,(H,25,29). The Morgan fingerprint density at radius 3 is 2.21 bits per heavy atom. The van der Waals surface area contributed by atoms with Gasteiger partial charge in [0.1, 0.15) is 0 Å². The van der Waals surface area contributed by atoms with Gasteiger partial charge >= 0.3 is 0 Å². The summed E-state index contributed by atoms with van der Waals surface area (Å²) in [7, 11) is 0. The van der Waals surface area contributed by atoms with E-state index in [9.17, 15) is 4.79 Å². The quantitative estimate of drug-likeness (QED) is 0.535. The van der Waals surface area contributed by atoms with Gasteiger partial charge in [0.15, 0.2) is 5.69 Å². The van der Waals surface area contributed by atoms with Crippen molar-refractivity contribution < 1.29 is 4.79 Å². The van der Waals surface area contributed by atoms with Crippen LogP contribution in [0.25, 0.3) is 11.1 Å². The molecule has 0 aliphatic carbocycles. The smallest absolute Gasteiger partial charge is 0.273 e. The molecule has 0 fully saturated rings. The number of benzene rings is 3. The predicted molar refractivity (Wildman–Crippen MR) is 113 cm³/mol. The first kappa shape index (κ1) is 18.6. The van der Waals surface area contributed by atoms with Crippen LogP contribution in [0.15, 0.2) is 91.1 Å². The molecule has 0 aliphatic rings. The number of aromatic nitrogens is 3. The fraction of sp³-hybridized carbons (Fsp3) is 0.125. The van der Waals surface area contributed by atoms with Gasteiger partial charge in [0.25, 0.3) is 5.91 Å². The minimum absolute atomic E-state index is 0.133. The summed E-state index contributed by atoms with van der Waals surface area (Å²) in [5.74, 6) is -0.232. The maximum Gasteiger partial charge on any atom is 0.273 e. The summed E-state index contributed by atoms with van der Waals surface area (Å²) in [6.45, 7) is 2.54. The molecular formula is C24H22N4O. The van der Waals surface area contributed by atoms with Crippen molar-refractivity contribution in [3.63, 3.8) is 0 Å². The molecule has 5 heteroatoms. The van der Waals surface area contributed by atoms with Gasteiger partial charge in [-0.05, 0) is 29.2 Å². The zero-order chi connectivity index (χ0) is 20.1. The SMILES string of the molecule is CC(NC(=O)c1cn(Cc2ccccc2)nn1)c1ccc(-c2ccccc2)cc1. The van der Waals surface area contributed by atoms with E-state index in [1.54, 1.807) is 10.9 Å². The number of rotatable bonds is 6. The van der Waals surface area contributed by atoms with E-state index in [2.05, 4.69) is 39.9 Å². The molecule has 0 saturated carbocycles. The highest BCUT2D eigenvalue weighted by Gasteiger charge is 2.15. The summed E-state index contributed by atoms with van der Waals surface area (Å²) in [6.07, 6.45) is 1.67. The van der Waals surface area contributed by atoms with Gasteiger partial charge in [0, 0.05) is 0 Å². The molecule has 4 aromatic rings. The summed E-state index contributed by atoms with van der Waals surface area (Å²) in [5.41, 5.74) is 4.78. The molecule has 1 amide bonds. The topological polar surface area (TPSA) is 59.8 Å². The van der Waals surface area contributed by atoms with Crippen molar-refractivity contribution in [3.8, 4) is 11.1 Å². The Balaban J connectivity index is 1.39. The van der Waals surface area contributed by atoms with Crippen LogP contribution < -0.4 is 5.32 Å². The van der Waals surface area contributed by atoms with Crippen molar-refractivity contribution in [2.75, 3.05) is 0 Å². The number of amides is 1. The molecule has 1 aromatic heterocycles. The molecule has 1 heterocycles. The highest BCUT2D eigenvalue weighted by Crippen LogP contribution is 2.21. The van der Waals surface area contributed by atoms with Gasteiger partial charge in [-0.25, -0.2) is 4.68 Å². The molecule has 0 aliphatic heterocycles. The first-order valence-corrected chi connectivity index (χ1v) is 9.59. The molecule has 5 nitrogen and oxygen atoms in total. The lowest BCUT2D eigenvalue weighted by atomic mass is 10.0. The van der Waals surface area contributed by atoms with Crippen LogP contribution in [-0.2, 0) is 6.54 Å². The van der Waals surface area contributed by atoms with Crippen molar-refractivity contribution in [2.24, 2.45) is 0 Å². The van der Waals surface area contributed by atoms with Gasteiger partial charge in [0.05, 0.1) is 18.8 Å². The Morgan fingerprint density at radius 1 is 0.897 bits per heavy atom. The number of nitrogens with zero attached hydrogens (tertiary/aromatic N) is 3. The third kappa shape index (κ3) is 4.58. The van der Waals surface area contributed by atoms with E-state index in [1.807, 2.05) is 67.6 Å². The van der Waals surface area contributed by atoms with E-state index in [4.69, 9.17) is 0 Å². The second-order valence-corrected chi connectivity index (χ2v) is 6.97. The van der Waals surface area contributed by atoms with E-state index in [1.165, 1.54) is 5.56 Å². The van der Waals surface area contributed by atoms with E-state index < -0.39 is 0 Å². The molecule has 4 rings (SSSR count). The highest BCUT2D eigenvalue weighted by atomic mass is 16.2. The third-order valence-electron chi connectivity index (χ3n) is 4.82.